The summed E-state index contributed by atoms with van der Waals surface area (Å²) >= 11 is 0. The van der Waals surface area contributed by atoms with Gasteiger partial charge in [0.05, 0.1) is 0 Å². The van der Waals surface area contributed by atoms with Crippen molar-refractivity contribution in [1.29, 1.82) is 0 Å². The van der Waals surface area contributed by atoms with Gasteiger partial charge in [-0.25, -0.2) is 0 Å². The van der Waals surface area contributed by atoms with E-state index in [4.69, 9.17) is 9.47 Å². The normalized spacial score (nSPS) is 10.0. The van der Waals surface area contributed by atoms with Gasteiger partial charge in [-0.3, -0.25) is 0 Å². The van der Waals surface area contributed by atoms with Crippen molar-refractivity contribution < 1.29 is 9.47 Å². The van der Waals surface area contributed by atoms with Crippen LogP contribution in [0.3, 0.4) is 0 Å². The van der Waals surface area contributed by atoms with Crippen LogP contribution in [0.5, 0.6) is 11.5 Å². The van der Waals surface area contributed by atoms with Gasteiger partial charge < -0.3 is 9.47 Å². The van der Waals surface area contributed by atoms with E-state index in [-0.39, 0.29) is 0 Å². The monoisotopic (exact) mass is 293 g/mol. The highest BCUT2D eigenvalue weighted by atomic mass is 16.5. The van der Waals surface area contributed by atoms with Crippen LogP contribution in [-0.2, 0) is 13.0 Å². The number of hydrogen-bond donors (Lipinski definition) is 0. The smallest absolute Gasteiger partial charge is 0.131 e. The molecule has 0 saturated carbocycles. The van der Waals surface area contributed by atoms with Crippen molar-refractivity contribution in [3.8, 4) is 11.5 Å². The summed E-state index contributed by atoms with van der Waals surface area (Å²) in [6.07, 6.45) is 2.56. The van der Waals surface area contributed by atoms with Crippen LogP contribution in [0.4, 0.5) is 0 Å². The third-order valence-corrected chi connectivity index (χ3v) is 3.03. The molecule has 0 unspecified atom stereocenters. The molecule has 2 nitrogen and oxygen atoms in total. The first kappa shape index (κ1) is 15.9. The predicted molar refractivity (Wildman–Crippen MR) is 90.3 cm³/mol. The minimum Gasteiger partial charge on any atom is -0.489 e. The zero-order valence-corrected chi connectivity index (χ0v) is 13.0. The molecule has 0 N–H and O–H groups in total. The zero-order valence-electron chi connectivity index (χ0n) is 13.0. The summed E-state index contributed by atoms with van der Waals surface area (Å²) in [7, 11) is 0. The average Bonchev–Trinajstić information content (AvgIpc) is 2.53. The zero-order chi connectivity index (χ0) is 15.8. The molecule has 0 bridgehead atoms. The number of benzene rings is 2. The van der Waals surface area contributed by atoms with Crippen LogP contribution in [0.1, 0.15) is 18.1 Å². The predicted octanol–water partition coefficient (Wildman–Crippen LogP) is 4.75. The molecule has 2 aromatic rings. The lowest BCUT2D eigenvalue weighted by molar-refractivity contribution is 0.303. The second kappa shape index (κ2) is 8.08. The Hall–Kier alpha value is -2.48. The highest BCUT2D eigenvalue weighted by Crippen LogP contribution is 2.25. The summed E-state index contributed by atoms with van der Waals surface area (Å²) in [4.78, 5) is 0. The molecule has 0 amide bonds. The number of ether oxygens (including phenoxy) is 2. The molecule has 1 radical (unpaired) electrons. The summed E-state index contributed by atoms with van der Waals surface area (Å²) in [5.74, 6) is 1.51. The molecule has 0 heterocycles. The van der Waals surface area contributed by atoms with Gasteiger partial charge in [-0.2, -0.15) is 0 Å². The van der Waals surface area contributed by atoms with Crippen molar-refractivity contribution in [2.75, 3.05) is 6.61 Å². The Bertz CT molecular complexity index is 629. The van der Waals surface area contributed by atoms with Gasteiger partial charge in [-0.15, -0.1) is 6.58 Å². The highest BCUT2D eigenvalue weighted by molar-refractivity contribution is 5.40. The first-order chi connectivity index (χ1) is 10.7. The topological polar surface area (TPSA) is 18.5 Å². The molecule has 0 aromatic heterocycles. The van der Waals surface area contributed by atoms with Crippen LogP contribution >= 0.6 is 0 Å². The molecule has 2 aromatic carbocycles. The Balaban J connectivity index is 2.07. The Morgan fingerprint density at radius 2 is 2.00 bits per heavy atom. The van der Waals surface area contributed by atoms with Gasteiger partial charge in [0.2, 0.25) is 0 Å². The summed E-state index contributed by atoms with van der Waals surface area (Å²) in [6.45, 7) is 10.6. The second-order valence-corrected chi connectivity index (χ2v) is 5.20. The molecule has 2 heteroatoms. The van der Waals surface area contributed by atoms with E-state index < -0.39 is 0 Å². The van der Waals surface area contributed by atoms with E-state index >= 15 is 0 Å². The van der Waals surface area contributed by atoms with Gasteiger partial charge in [0.1, 0.15) is 24.7 Å². The van der Waals surface area contributed by atoms with Crippen molar-refractivity contribution in [2.24, 2.45) is 0 Å². The molecule has 0 spiro atoms. The highest BCUT2D eigenvalue weighted by Gasteiger charge is 2.06. The summed E-state index contributed by atoms with van der Waals surface area (Å²) in [5.41, 5.74) is 3.12. The molecule has 0 atom stereocenters. The lowest BCUT2D eigenvalue weighted by Gasteiger charge is -2.13. The van der Waals surface area contributed by atoms with Gasteiger partial charge in [-0.1, -0.05) is 43.0 Å². The van der Waals surface area contributed by atoms with Crippen LogP contribution in [0, 0.1) is 6.07 Å². The Morgan fingerprint density at radius 1 is 1.23 bits per heavy atom. The van der Waals surface area contributed by atoms with Crippen LogP contribution in [0.15, 0.2) is 67.3 Å². The van der Waals surface area contributed by atoms with Gasteiger partial charge in [0.25, 0.3) is 0 Å². The molecule has 0 saturated heterocycles. The second-order valence-electron chi connectivity index (χ2n) is 5.20. The van der Waals surface area contributed by atoms with Crippen LogP contribution < -0.4 is 9.47 Å². The van der Waals surface area contributed by atoms with E-state index in [0.29, 0.717) is 19.6 Å². The largest absolute Gasteiger partial charge is 0.489 e. The van der Waals surface area contributed by atoms with Gasteiger partial charge in [-0.05, 0) is 36.6 Å². The van der Waals surface area contributed by atoms with Crippen molar-refractivity contribution in [3.63, 3.8) is 0 Å². The van der Waals surface area contributed by atoms with E-state index in [9.17, 15) is 0 Å². The van der Waals surface area contributed by atoms with Crippen LogP contribution in [-0.4, -0.2) is 6.61 Å². The number of allylic oxidation sites excluding steroid dienone is 1. The van der Waals surface area contributed by atoms with Crippen molar-refractivity contribution in [1.82, 2.24) is 0 Å². The molecular weight excluding hydrogens is 272 g/mol. The molecule has 113 valence electrons. The van der Waals surface area contributed by atoms with Crippen molar-refractivity contribution >= 4 is 0 Å². The molecule has 0 aliphatic heterocycles. The Morgan fingerprint density at radius 3 is 2.68 bits per heavy atom. The van der Waals surface area contributed by atoms with Gasteiger partial charge in [0.15, 0.2) is 0 Å². The average molecular weight is 293 g/mol. The van der Waals surface area contributed by atoms with Crippen molar-refractivity contribution in [3.05, 3.63) is 84.5 Å². The summed E-state index contributed by atoms with van der Waals surface area (Å²) < 4.78 is 11.5. The fourth-order valence-corrected chi connectivity index (χ4v) is 1.97. The quantitative estimate of drug-likeness (QED) is 0.654. The first-order valence-electron chi connectivity index (χ1n) is 7.28. The first-order valence-corrected chi connectivity index (χ1v) is 7.28. The lowest BCUT2D eigenvalue weighted by Crippen LogP contribution is -2.02. The Labute approximate surface area is 132 Å². The van der Waals surface area contributed by atoms with Crippen molar-refractivity contribution in [2.45, 2.75) is 20.0 Å². The third-order valence-electron chi connectivity index (χ3n) is 3.03. The molecule has 0 aliphatic rings. The van der Waals surface area contributed by atoms with Gasteiger partial charge in [0, 0.05) is 11.6 Å². The number of hydrogen-bond acceptors (Lipinski definition) is 2. The Kier molecular flexibility index (Phi) is 5.84. The van der Waals surface area contributed by atoms with E-state index in [1.54, 1.807) is 0 Å². The van der Waals surface area contributed by atoms with E-state index in [0.717, 1.165) is 28.2 Å². The van der Waals surface area contributed by atoms with Gasteiger partial charge >= 0.3 is 0 Å². The molecule has 0 fully saturated rings. The standard InChI is InChI=1S/C20H21O2/c1-4-8-18-13-19(11-12-20(18)22-14-16(2)3)21-15-17-9-6-5-7-10-17/h4-7,9-11,13H,1-2,8,14-15H2,3H3. The van der Waals surface area contributed by atoms with E-state index in [2.05, 4.69) is 19.2 Å². The molecular formula is C20H21O2. The van der Waals surface area contributed by atoms with E-state index in [1.165, 1.54) is 0 Å². The van der Waals surface area contributed by atoms with Crippen LogP contribution in [0.2, 0.25) is 0 Å². The lowest BCUT2D eigenvalue weighted by atomic mass is 10.1. The summed E-state index contributed by atoms with van der Waals surface area (Å²) in [5, 5.41) is 0. The SMILES string of the molecule is C=CCc1cc(OCc2ccccc2)c[c]c1OCC(=C)C. The van der Waals surface area contributed by atoms with Crippen LogP contribution in [0.25, 0.3) is 0 Å². The summed E-state index contributed by atoms with van der Waals surface area (Å²) in [6, 6.07) is 17.0. The fraction of sp³-hybridized carbons (Fsp3) is 0.200. The maximum absolute atomic E-state index is 5.82. The molecule has 22 heavy (non-hydrogen) atoms. The fourth-order valence-electron chi connectivity index (χ4n) is 1.97. The minimum absolute atomic E-state index is 0.491. The molecule has 0 aliphatic carbocycles. The number of rotatable bonds is 8. The maximum atomic E-state index is 5.82. The minimum atomic E-state index is 0.491. The maximum Gasteiger partial charge on any atom is 0.131 e. The molecule has 2 rings (SSSR count). The van der Waals surface area contributed by atoms with E-state index in [1.807, 2.05) is 55.5 Å². The third kappa shape index (κ3) is 4.81.